The number of nitrogens with zero attached hydrogens (tertiary/aromatic N) is 1. The maximum atomic E-state index is 12.7. The molecule has 0 fully saturated rings. The molecule has 0 saturated heterocycles. The second kappa shape index (κ2) is 3.68. The van der Waals surface area contributed by atoms with E-state index in [0.29, 0.717) is 23.8 Å². The third-order valence-corrected chi connectivity index (χ3v) is 4.52. The summed E-state index contributed by atoms with van der Waals surface area (Å²) in [4.78, 5) is 17.0. The number of nitrogens with one attached hydrogen (secondary N) is 1. The Balaban J connectivity index is 1.83. The van der Waals surface area contributed by atoms with E-state index in [-0.39, 0.29) is 5.91 Å². The van der Waals surface area contributed by atoms with E-state index in [1.54, 1.807) is 6.92 Å². The van der Waals surface area contributed by atoms with Crippen LogP contribution < -0.4 is 10.1 Å². The number of anilines is 1. The van der Waals surface area contributed by atoms with Crippen LogP contribution in [0.25, 0.3) is 11.1 Å². The normalized spacial score (nSPS) is 21.8. The van der Waals surface area contributed by atoms with Gasteiger partial charge in [0, 0.05) is 24.2 Å². The summed E-state index contributed by atoms with van der Waals surface area (Å²) in [5.41, 5.74) is 3.28. The van der Waals surface area contributed by atoms with Gasteiger partial charge in [0.25, 0.3) is 0 Å². The van der Waals surface area contributed by atoms with Crippen molar-refractivity contribution in [2.45, 2.75) is 12.3 Å². The van der Waals surface area contributed by atoms with Crippen LogP contribution in [0.5, 0.6) is 5.75 Å². The summed E-state index contributed by atoms with van der Waals surface area (Å²) in [6.07, 6.45) is 0. The molecule has 1 unspecified atom stereocenters. The Kier molecular flexibility index (Phi) is 1.97. The lowest BCUT2D eigenvalue weighted by Gasteiger charge is -2.19. The number of aromatic nitrogens is 1. The maximum Gasteiger partial charge on any atom is 0.243 e. The number of aryl methyl sites for hydroxylation is 1. The SMILES string of the molecule is Cc1nc2cc3c(cc2o1)C1(CO3)C(=O)Nc2ccccc21. The van der Waals surface area contributed by atoms with Crippen molar-refractivity contribution in [2.75, 3.05) is 11.9 Å². The lowest BCUT2D eigenvalue weighted by molar-refractivity contribution is -0.119. The van der Waals surface area contributed by atoms with Crippen molar-refractivity contribution in [3.05, 3.63) is 53.4 Å². The van der Waals surface area contributed by atoms with E-state index in [0.717, 1.165) is 22.3 Å². The quantitative estimate of drug-likeness (QED) is 0.692. The molecule has 3 aromatic rings. The number of para-hydroxylation sites is 1. The molecule has 5 nitrogen and oxygen atoms in total. The first-order valence-corrected chi connectivity index (χ1v) is 7.14. The van der Waals surface area contributed by atoms with Crippen LogP contribution in [-0.4, -0.2) is 17.5 Å². The van der Waals surface area contributed by atoms with Crippen LogP contribution in [0.15, 0.2) is 40.8 Å². The molecule has 1 N–H and O–H groups in total. The number of hydrogen-bond donors (Lipinski definition) is 1. The Labute approximate surface area is 125 Å². The van der Waals surface area contributed by atoms with E-state index in [1.807, 2.05) is 36.4 Å². The van der Waals surface area contributed by atoms with Gasteiger partial charge >= 0.3 is 0 Å². The molecule has 2 aromatic carbocycles. The maximum absolute atomic E-state index is 12.7. The average Bonchev–Trinajstić information content (AvgIpc) is 3.13. The van der Waals surface area contributed by atoms with Crippen molar-refractivity contribution in [3.63, 3.8) is 0 Å². The van der Waals surface area contributed by atoms with E-state index in [1.165, 1.54) is 0 Å². The zero-order chi connectivity index (χ0) is 14.9. The number of fused-ring (bicyclic) bond motifs is 5. The fourth-order valence-electron chi connectivity index (χ4n) is 3.51. The molecule has 22 heavy (non-hydrogen) atoms. The number of benzene rings is 2. The van der Waals surface area contributed by atoms with Crippen LogP contribution >= 0.6 is 0 Å². The molecule has 1 aromatic heterocycles. The molecule has 0 aliphatic carbocycles. The molecule has 2 aliphatic rings. The highest BCUT2D eigenvalue weighted by Crippen LogP contribution is 2.50. The molecule has 1 spiro atoms. The number of hydrogen-bond acceptors (Lipinski definition) is 4. The van der Waals surface area contributed by atoms with E-state index in [2.05, 4.69) is 10.3 Å². The van der Waals surface area contributed by atoms with Crippen molar-refractivity contribution in [2.24, 2.45) is 0 Å². The van der Waals surface area contributed by atoms with Gasteiger partial charge in [-0.1, -0.05) is 18.2 Å². The summed E-state index contributed by atoms with van der Waals surface area (Å²) >= 11 is 0. The summed E-state index contributed by atoms with van der Waals surface area (Å²) in [6, 6.07) is 11.5. The van der Waals surface area contributed by atoms with Gasteiger partial charge in [0.1, 0.15) is 23.3 Å². The lowest BCUT2D eigenvalue weighted by Crippen LogP contribution is -2.37. The number of oxazole rings is 1. The Hall–Kier alpha value is -2.82. The fraction of sp³-hybridized carbons (Fsp3) is 0.176. The third kappa shape index (κ3) is 1.24. The van der Waals surface area contributed by atoms with E-state index < -0.39 is 5.41 Å². The van der Waals surface area contributed by atoms with Crippen molar-refractivity contribution < 1.29 is 13.9 Å². The molecular weight excluding hydrogens is 280 g/mol. The van der Waals surface area contributed by atoms with Crippen molar-refractivity contribution in [1.82, 2.24) is 4.98 Å². The lowest BCUT2D eigenvalue weighted by atomic mass is 9.77. The number of amides is 1. The minimum absolute atomic E-state index is 0.0527. The van der Waals surface area contributed by atoms with Gasteiger partial charge in [0.15, 0.2) is 11.5 Å². The summed E-state index contributed by atoms with van der Waals surface area (Å²) in [5, 5.41) is 2.96. The number of carbonyl (C=O) groups is 1. The molecule has 0 radical (unpaired) electrons. The predicted octanol–water partition coefficient (Wildman–Crippen LogP) is 2.77. The van der Waals surface area contributed by atoms with Gasteiger partial charge in [-0.2, -0.15) is 0 Å². The van der Waals surface area contributed by atoms with Gasteiger partial charge in [-0.15, -0.1) is 0 Å². The van der Waals surface area contributed by atoms with Gasteiger partial charge < -0.3 is 14.5 Å². The fourth-order valence-corrected chi connectivity index (χ4v) is 3.51. The van der Waals surface area contributed by atoms with Crippen molar-refractivity contribution >= 4 is 22.7 Å². The smallest absolute Gasteiger partial charge is 0.243 e. The highest BCUT2D eigenvalue weighted by atomic mass is 16.5. The zero-order valence-corrected chi connectivity index (χ0v) is 11.8. The molecule has 1 atom stereocenters. The molecular formula is C17H12N2O3. The van der Waals surface area contributed by atoms with Gasteiger partial charge in [0.2, 0.25) is 5.91 Å². The molecule has 0 saturated carbocycles. The van der Waals surface area contributed by atoms with Gasteiger partial charge in [-0.05, 0) is 17.7 Å². The first-order chi connectivity index (χ1) is 10.7. The first-order valence-electron chi connectivity index (χ1n) is 7.14. The van der Waals surface area contributed by atoms with E-state index >= 15 is 0 Å². The van der Waals surface area contributed by atoms with Gasteiger partial charge in [-0.3, -0.25) is 4.79 Å². The van der Waals surface area contributed by atoms with Crippen LogP contribution in [0.4, 0.5) is 5.69 Å². The van der Waals surface area contributed by atoms with Crippen LogP contribution in [0.3, 0.4) is 0 Å². The molecule has 0 bridgehead atoms. The second-order valence-electron chi connectivity index (χ2n) is 5.74. The van der Waals surface area contributed by atoms with Crippen LogP contribution in [0, 0.1) is 6.92 Å². The highest BCUT2D eigenvalue weighted by Gasteiger charge is 2.54. The summed E-state index contributed by atoms with van der Waals surface area (Å²) in [6.45, 7) is 2.11. The minimum atomic E-state index is -0.791. The minimum Gasteiger partial charge on any atom is -0.491 e. The molecule has 3 heterocycles. The average molecular weight is 292 g/mol. The van der Waals surface area contributed by atoms with Crippen molar-refractivity contribution in [3.8, 4) is 5.75 Å². The van der Waals surface area contributed by atoms with E-state index in [4.69, 9.17) is 9.15 Å². The van der Waals surface area contributed by atoms with Gasteiger partial charge in [0.05, 0.1) is 0 Å². The molecule has 1 amide bonds. The number of carbonyl (C=O) groups excluding carboxylic acids is 1. The molecule has 5 heteroatoms. The molecule has 5 rings (SSSR count). The topological polar surface area (TPSA) is 64.4 Å². The Bertz CT molecular complexity index is 960. The Morgan fingerprint density at radius 2 is 2.09 bits per heavy atom. The molecule has 108 valence electrons. The highest BCUT2D eigenvalue weighted by molar-refractivity contribution is 6.10. The number of rotatable bonds is 0. The summed E-state index contributed by atoms with van der Waals surface area (Å²) < 4.78 is 11.5. The number of ether oxygens (including phenoxy) is 1. The standard InChI is InChI=1S/C17H12N2O3/c1-9-18-13-7-14-11(6-15(13)22-9)17(8-21-14)10-4-2-3-5-12(10)19-16(17)20/h2-7H,8H2,1H3,(H,19,20). The summed E-state index contributed by atoms with van der Waals surface area (Å²) in [7, 11) is 0. The van der Waals surface area contributed by atoms with Gasteiger partial charge in [-0.25, -0.2) is 4.98 Å². The Morgan fingerprint density at radius 3 is 3.00 bits per heavy atom. The largest absolute Gasteiger partial charge is 0.491 e. The molecule has 2 aliphatic heterocycles. The second-order valence-corrected chi connectivity index (χ2v) is 5.74. The van der Waals surface area contributed by atoms with Crippen LogP contribution in [0.1, 0.15) is 17.0 Å². The first kappa shape index (κ1) is 11.8. The predicted molar refractivity (Wildman–Crippen MR) is 80.1 cm³/mol. The van der Waals surface area contributed by atoms with Crippen molar-refractivity contribution in [1.29, 1.82) is 0 Å². The Morgan fingerprint density at radius 1 is 1.23 bits per heavy atom. The summed E-state index contributed by atoms with van der Waals surface area (Å²) in [5.74, 6) is 1.25. The third-order valence-electron chi connectivity index (χ3n) is 4.52. The van der Waals surface area contributed by atoms with E-state index in [9.17, 15) is 4.79 Å². The zero-order valence-electron chi connectivity index (χ0n) is 11.8. The van der Waals surface area contributed by atoms with Crippen LogP contribution in [-0.2, 0) is 10.2 Å². The van der Waals surface area contributed by atoms with Crippen LogP contribution in [0.2, 0.25) is 0 Å². The monoisotopic (exact) mass is 292 g/mol.